The van der Waals surface area contributed by atoms with Crippen LogP contribution in [0.4, 0.5) is 4.79 Å². The highest BCUT2D eigenvalue weighted by Crippen LogP contribution is 2.33. The van der Waals surface area contributed by atoms with Crippen LogP contribution in [0.3, 0.4) is 0 Å². The average Bonchev–Trinajstić information content (AvgIpc) is 3.41. The molecule has 0 spiro atoms. The summed E-state index contributed by atoms with van der Waals surface area (Å²) in [5, 5.41) is 5.39. The summed E-state index contributed by atoms with van der Waals surface area (Å²) >= 11 is 2.45. The van der Waals surface area contributed by atoms with E-state index in [9.17, 15) is 14.4 Å². The van der Waals surface area contributed by atoms with Crippen LogP contribution in [0.5, 0.6) is 0 Å². The molecule has 0 atom stereocenters. The number of fused-ring (bicyclic) bond motifs is 2. The molecule has 1 saturated heterocycles. The highest BCUT2D eigenvalue weighted by atomic mass is 32.2. The van der Waals surface area contributed by atoms with E-state index in [1.165, 1.54) is 16.2 Å². The molecule has 1 fully saturated rings. The Balaban J connectivity index is 1.31. The number of aryl methyl sites for hydroxylation is 1. The van der Waals surface area contributed by atoms with Crippen LogP contribution in [-0.2, 0) is 17.6 Å². The van der Waals surface area contributed by atoms with E-state index in [0.29, 0.717) is 10.5 Å². The predicted molar refractivity (Wildman–Crippen MR) is 128 cm³/mol. The molecule has 5 rings (SSSR count). The van der Waals surface area contributed by atoms with Crippen LogP contribution in [0.15, 0.2) is 46.7 Å². The highest BCUT2D eigenvalue weighted by Gasteiger charge is 2.35. The predicted octanol–water partition coefficient (Wildman–Crippen LogP) is 4.64. The van der Waals surface area contributed by atoms with Gasteiger partial charge in [0, 0.05) is 29.0 Å². The lowest BCUT2D eigenvalue weighted by molar-refractivity contribution is -0.122. The molecule has 3 amide bonds. The maximum atomic E-state index is 13.2. The maximum Gasteiger partial charge on any atom is 0.293 e. The third-order valence-corrected chi connectivity index (χ3v) is 7.43. The van der Waals surface area contributed by atoms with Crippen molar-refractivity contribution in [3.05, 3.63) is 68.4 Å². The van der Waals surface area contributed by atoms with Crippen LogP contribution in [-0.4, -0.2) is 40.0 Å². The van der Waals surface area contributed by atoms with Gasteiger partial charge in [-0.2, -0.15) is 0 Å². The quantitative estimate of drug-likeness (QED) is 0.558. The summed E-state index contributed by atoms with van der Waals surface area (Å²) in [6.45, 7) is 0.345. The minimum Gasteiger partial charge on any atom is -0.350 e. The number of carbonyl (C=O) groups excluding carboxylic acids is 3. The molecule has 1 aliphatic heterocycles. The number of amides is 3. The summed E-state index contributed by atoms with van der Waals surface area (Å²) in [6.07, 6.45) is 5.59. The van der Waals surface area contributed by atoms with Gasteiger partial charge in [0.05, 0.1) is 16.0 Å². The van der Waals surface area contributed by atoms with E-state index in [1.54, 1.807) is 6.08 Å². The third kappa shape index (κ3) is 3.96. The van der Waals surface area contributed by atoms with Gasteiger partial charge in [-0.3, -0.25) is 24.3 Å². The van der Waals surface area contributed by atoms with Gasteiger partial charge in [-0.05, 0) is 66.6 Å². The number of para-hydroxylation sites is 1. The molecule has 0 radical (unpaired) electrons. The molecule has 3 heterocycles. The summed E-state index contributed by atoms with van der Waals surface area (Å²) in [5.41, 5.74) is 3.53. The van der Waals surface area contributed by atoms with E-state index in [2.05, 4.69) is 5.32 Å². The first kappa shape index (κ1) is 20.9. The van der Waals surface area contributed by atoms with Crippen molar-refractivity contribution in [1.29, 1.82) is 0 Å². The molecule has 1 aliphatic carbocycles. The van der Waals surface area contributed by atoms with Gasteiger partial charge in [0.1, 0.15) is 0 Å². The summed E-state index contributed by atoms with van der Waals surface area (Å²) in [5.74, 6) is -0.489. The Bertz CT molecular complexity index is 1250. The second-order valence-corrected chi connectivity index (χ2v) is 9.71. The van der Waals surface area contributed by atoms with Crippen molar-refractivity contribution < 1.29 is 14.4 Å². The Morgan fingerprint density at radius 1 is 1.12 bits per heavy atom. The number of thiophene rings is 1. The van der Waals surface area contributed by atoms with Crippen molar-refractivity contribution in [2.75, 3.05) is 13.1 Å². The molecule has 162 valence electrons. The summed E-state index contributed by atoms with van der Waals surface area (Å²) < 4.78 is 0. The number of rotatable bonds is 5. The van der Waals surface area contributed by atoms with Crippen LogP contribution in [0.25, 0.3) is 17.0 Å². The third-order valence-electron chi connectivity index (χ3n) is 5.71. The minimum atomic E-state index is -0.311. The van der Waals surface area contributed by atoms with Crippen LogP contribution >= 0.6 is 23.1 Å². The van der Waals surface area contributed by atoms with E-state index in [1.807, 2.05) is 41.8 Å². The Morgan fingerprint density at radius 2 is 1.97 bits per heavy atom. The molecule has 32 heavy (non-hydrogen) atoms. The molecule has 0 saturated carbocycles. The number of pyridine rings is 1. The van der Waals surface area contributed by atoms with Gasteiger partial charge in [-0.1, -0.05) is 24.3 Å². The molecule has 3 aromatic rings. The summed E-state index contributed by atoms with van der Waals surface area (Å²) in [7, 11) is 0. The highest BCUT2D eigenvalue weighted by molar-refractivity contribution is 8.18. The van der Waals surface area contributed by atoms with Crippen molar-refractivity contribution in [3.63, 3.8) is 0 Å². The lowest BCUT2D eigenvalue weighted by atomic mass is 9.89. The summed E-state index contributed by atoms with van der Waals surface area (Å²) in [4.78, 5) is 45.5. The smallest absolute Gasteiger partial charge is 0.293 e. The largest absolute Gasteiger partial charge is 0.350 e. The van der Waals surface area contributed by atoms with Crippen LogP contribution < -0.4 is 5.32 Å². The number of hydrogen-bond donors (Lipinski definition) is 1. The Morgan fingerprint density at radius 3 is 2.81 bits per heavy atom. The molecule has 0 bridgehead atoms. The number of hydrogen-bond acceptors (Lipinski definition) is 6. The fraction of sp³-hybridized carbons (Fsp3) is 0.250. The fourth-order valence-corrected chi connectivity index (χ4v) is 5.78. The first-order chi connectivity index (χ1) is 15.6. The first-order valence-corrected chi connectivity index (χ1v) is 12.3. The number of imide groups is 1. The number of nitrogens with zero attached hydrogens (tertiary/aromatic N) is 2. The molecule has 6 nitrogen and oxygen atoms in total. The van der Waals surface area contributed by atoms with E-state index < -0.39 is 0 Å². The molecular formula is C24H21N3O3S2. The van der Waals surface area contributed by atoms with Crippen LogP contribution in [0, 0.1) is 0 Å². The maximum absolute atomic E-state index is 13.2. The van der Waals surface area contributed by atoms with Gasteiger partial charge in [0.2, 0.25) is 0 Å². The molecule has 2 aliphatic rings. The van der Waals surface area contributed by atoms with Crippen molar-refractivity contribution in [2.24, 2.45) is 0 Å². The molecule has 1 N–H and O–H groups in total. The van der Waals surface area contributed by atoms with E-state index in [-0.39, 0.29) is 30.1 Å². The lowest BCUT2D eigenvalue weighted by Gasteiger charge is -2.20. The zero-order chi connectivity index (χ0) is 22.1. The van der Waals surface area contributed by atoms with Crippen molar-refractivity contribution in [1.82, 2.24) is 15.2 Å². The monoisotopic (exact) mass is 463 g/mol. The van der Waals surface area contributed by atoms with Gasteiger partial charge in [0.15, 0.2) is 0 Å². The van der Waals surface area contributed by atoms with Gasteiger partial charge in [0.25, 0.3) is 17.1 Å². The minimum absolute atomic E-state index is 0.142. The Hall–Kier alpha value is -2.97. The topological polar surface area (TPSA) is 79.4 Å². The number of benzene rings is 1. The number of aromatic nitrogens is 1. The summed E-state index contributed by atoms with van der Waals surface area (Å²) in [6, 6.07) is 11.5. The van der Waals surface area contributed by atoms with Crippen molar-refractivity contribution in [3.8, 4) is 0 Å². The van der Waals surface area contributed by atoms with Crippen molar-refractivity contribution in [2.45, 2.75) is 25.7 Å². The molecule has 0 unspecified atom stereocenters. The number of carbonyl (C=O) groups is 3. The second kappa shape index (κ2) is 8.88. The first-order valence-electron chi connectivity index (χ1n) is 10.6. The standard InChI is InChI=1S/C24H21N3O3S2/c28-22(21-16-7-1-3-9-18(16)26-19-10-4-2-8-17(19)21)25-11-12-27-23(29)20(32-24(27)30)14-15-6-5-13-31-15/h1,3,5-7,9,13-14H,2,4,8,10-12H2,(H,25,28)/b20-14+. The lowest BCUT2D eigenvalue weighted by Crippen LogP contribution is -2.37. The number of thioether (sulfide) groups is 1. The number of nitrogens with one attached hydrogen (secondary N) is 1. The van der Waals surface area contributed by atoms with Gasteiger partial charge in [-0.15, -0.1) is 11.3 Å². The zero-order valence-corrected chi connectivity index (χ0v) is 18.9. The molecule has 2 aromatic heterocycles. The zero-order valence-electron chi connectivity index (χ0n) is 17.3. The normalized spacial score (nSPS) is 17.2. The van der Waals surface area contributed by atoms with Gasteiger partial charge in [-0.25, -0.2) is 0 Å². The Kier molecular flexibility index (Phi) is 5.80. The van der Waals surface area contributed by atoms with Crippen LogP contribution in [0.2, 0.25) is 0 Å². The van der Waals surface area contributed by atoms with Crippen LogP contribution in [0.1, 0.15) is 39.3 Å². The van der Waals surface area contributed by atoms with E-state index >= 15 is 0 Å². The average molecular weight is 464 g/mol. The SMILES string of the molecule is O=C(NCCN1C(=O)S/C(=C/c2cccs2)C1=O)c1c2c(nc3ccccc13)CCCC2. The van der Waals surface area contributed by atoms with E-state index in [4.69, 9.17) is 4.98 Å². The molecular weight excluding hydrogens is 442 g/mol. The molecule has 1 aromatic carbocycles. The van der Waals surface area contributed by atoms with Gasteiger partial charge < -0.3 is 5.32 Å². The Labute approximate surface area is 193 Å². The second-order valence-electron chi connectivity index (χ2n) is 7.74. The van der Waals surface area contributed by atoms with E-state index in [0.717, 1.165) is 64.5 Å². The molecule has 8 heteroatoms. The van der Waals surface area contributed by atoms with Gasteiger partial charge >= 0.3 is 0 Å². The van der Waals surface area contributed by atoms with Crippen molar-refractivity contribution >= 4 is 57.1 Å². The fourth-order valence-electron chi connectivity index (χ4n) is 4.20.